The van der Waals surface area contributed by atoms with Gasteiger partial charge in [-0.3, -0.25) is 4.79 Å². The zero-order valence-corrected chi connectivity index (χ0v) is 11.1. The van der Waals surface area contributed by atoms with Gasteiger partial charge in [0.1, 0.15) is 5.15 Å². The van der Waals surface area contributed by atoms with Crippen molar-refractivity contribution in [2.45, 2.75) is 6.92 Å². The fourth-order valence-corrected chi connectivity index (χ4v) is 1.75. The topological polar surface area (TPSA) is 42.0 Å². The average molecular weight is 281 g/mol. The van der Waals surface area contributed by atoms with Gasteiger partial charge in [0.15, 0.2) is 0 Å². The lowest BCUT2D eigenvalue weighted by atomic mass is 10.2. The Morgan fingerprint density at radius 3 is 2.72 bits per heavy atom. The van der Waals surface area contributed by atoms with Crippen molar-refractivity contribution in [3.8, 4) is 0 Å². The summed E-state index contributed by atoms with van der Waals surface area (Å²) in [6.45, 7) is 1.82. The van der Waals surface area contributed by atoms with Crippen LogP contribution in [-0.2, 0) is 0 Å². The number of hydrogen-bond donors (Lipinski definition) is 1. The van der Waals surface area contributed by atoms with Crippen molar-refractivity contribution in [1.29, 1.82) is 0 Å². The molecule has 0 bridgehead atoms. The fraction of sp³-hybridized carbons (Fsp3) is 0.0769. The number of aryl methyl sites for hydroxylation is 1. The molecule has 18 heavy (non-hydrogen) atoms. The van der Waals surface area contributed by atoms with Crippen molar-refractivity contribution in [3.63, 3.8) is 0 Å². The number of carbonyl (C=O) groups is 1. The summed E-state index contributed by atoms with van der Waals surface area (Å²) in [5.74, 6) is -0.235. The highest BCUT2D eigenvalue weighted by atomic mass is 35.5. The van der Waals surface area contributed by atoms with E-state index in [2.05, 4.69) is 10.3 Å². The van der Waals surface area contributed by atoms with Gasteiger partial charge in [-0.15, -0.1) is 0 Å². The van der Waals surface area contributed by atoms with Gasteiger partial charge in [0.2, 0.25) is 0 Å². The number of anilines is 1. The van der Waals surface area contributed by atoms with Gasteiger partial charge < -0.3 is 5.32 Å². The van der Waals surface area contributed by atoms with Crippen molar-refractivity contribution in [3.05, 3.63) is 57.8 Å². The lowest BCUT2D eigenvalue weighted by Gasteiger charge is -2.06. The summed E-state index contributed by atoms with van der Waals surface area (Å²) in [7, 11) is 0. The van der Waals surface area contributed by atoms with Gasteiger partial charge in [0, 0.05) is 10.6 Å². The SMILES string of the molecule is Cc1cc(NC(=O)c2cccc(Cl)c2)cnc1Cl. The average Bonchev–Trinajstić information content (AvgIpc) is 2.34. The number of carbonyl (C=O) groups excluding carboxylic acids is 1. The monoisotopic (exact) mass is 280 g/mol. The third kappa shape index (κ3) is 3.00. The van der Waals surface area contributed by atoms with Gasteiger partial charge in [0.25, 0.3) is 5.91 Å². The molecule has 0 aliphatic carbocycles. The minimum atomic E-state index is -0.235. The molecule has 5 heteroatoms. The largest absolute Gasteiger partial charge is 0.321 e. The third-order valence-corrected chi connectivity index (χ3v) is 2.99. The highest BCUT2D eigenvalue weighted by Crippen LogP contribution is 2.17. The number of nitrogens with one attached hydrogen (secondary N) is 1. The molecule has 92 valence electrons. The molecular weight excluding hydrogens is 271 g/mol. The first-order valence-corrected chi connectivity index (χ1v) is 6.01. The van der Waals surface area contributed by atoms with Gasteiger partial charge in [-0.05, 0) is 36.8 Å². The molecule has 1 heterocycles. The summed E-state index contributed by atoms with van der Waals surface area (Å²) in [6, 6.07) is 8.50. The molecule has 3 nitrogen and oxygen atoms in total. The van der Waals surface area contributed by atoms with E-state index in [0.717, 1.165) is 5.56 Å². The summed E-state index contributed by atoms with van der Waals surface area (Å²) < 4.78 is 0. The van der Waals surface area contributed by atoms with Gasteiger partial charge >= 0.3 is 0 Å². The molecular formula is C13H10Cl2N2O. The van der Waals surface area contributed by atoms with Crippen LogP contribution in [0.1, 0.15) is 15.9 Å². The maximum atomic E-state index is 11.9. The lowest BCUT2D eigenvalue weighted by Crippen LogP contribution is -2.12. The highest BCUT2D eigenvalue weighted by molar-refractivity contribution is 6.31. The normalized spacial score (nSPS) is 10.2. The number of nitrogens with zero attached hydrogens (tertiary/aromatic N) is 1. The molecule has 0 fully saturated rings. The molecule has 0 unspecified atom stereocenters. The molecule has 0 aliphatic heterocycles. The summed E-state index contributed by atoms with van der Waals surface area (Å²) >= 11 is 11.6. The van der Waals surface area contributed by atoms with E-state index in [4.69, 9.17) is 23.2 Å². The molecule has 1 N–H and O–H groups in total. The van der Waals surface area contributed by atoms with Crippen molar-refractivity contribution >= 4 is 34.8 Å². The second-order valence-electron chi connectivity index (χ2n) is 3.80. The summed E-state index contributed by atoms with van der Waals surface area (Å²) in [6.07, 6.45) is 1.51. The predicted octanol–water partition coefficient (Wildman–Crippen LogP) is 3.95. The van der Waals surface area contributed by atoms with E-state index in [1.165, 1.54) is 6.20 Å². The van der Waals surface area contributed by atoms with Crippen LogP contribution in [0.25, 0.3) is 0 Å². The van der Waals surface area contributed by atoms with E-state index in [0.29, 0.717) is 21.4 Å². The fourth-order valence-electron chi connectivity index (χ4n) is 1.46. The molecule has 0 atom stereocenters. The van der Waals surface area contributed by atoms with Crippen molar-refractivity contribution in [1.82, 2.24) is 4.98 Å². The van der Waals surface area contributed by atoms with Gasteiger partial charge in [0.05, 0.1) is 11.9 Å². The van der Waals surface area contributed by atoms with E-state index in [1.807, 2.05) is 6.92 Å². The summed E-state index contributed by atoms with van der Waals surface area (Å²) in [4.78, 5) is 15.9. The Morgan fingerprint density at radius 2 is 2.06 bits per heavy atom. The zero-order chi connectivity index (χ0) is 13.1. The first-order valence-electron chi connectivity index (χ1n) is 5.25. The second kappa shape index (κ2) is 5.38. The maximum Gasteiger partial charge on any atom is 0.255 e. The van der Waals surface area contributed by atoms with Crippen LogP contribution in [-0.4, -0.2) is 10.9 Å². The van der Waals surface area contributed by atoms with Crippen molar-refractivity contribution in [2.24, 2.45) is 0 Å². The van der Waals surface area contributed by atoms with Gasteiger partial charge in [-0.1, -0.05) is 29.3 Å². The molecule has 0 spiro atoms. The number of rotatable bonds is 2. The Balaban J connectivity index is 2.18. The molecule has 1 aromatic heterocycles. The number of pyridine rings is 1. The second-order valence-corrected chi connectivity index (χ2v) is 4.59. The minimum Gasteiger partial charge on any atom is -0.321 e. The predicted molar refractivity (Wildman–Crippen MR) is 73.4 cm³/mol. The molecule has 0 radical (unpaired) electrons. The Kier molecular flexibility index (Phi) is 3.84. The van der Waals surface area contributed by atoms with E-state index in [1.54, 1.807) is 30.3 Å². The molecule has 1 aromatic carbocycles. The first-order chi connectivity index (χ1) is 8.56. The minimum absolute atomic E-state index is 0.235. The van der Waals surface area contributed by atoms with Crippen LogP contribution in [0.4, 0.5) is 5.69 Å². The van der Waals surface area contributed by atoms with E-state index in [9.17, 15) is 4.79 Å². The van der Waals surface area contributed by atoms with Crippen molar-refractivity contribution in [2.75, 3.05) is 5.32 Å². The number of halogens is 2. The Morgan fingerprint density at radius 1 is 1.28 bits per heavy atom. The molecule has 1 amide bonds. The van der Waals surface area contributed by atoms with Gasteiger partial charge in [-0.2, -0.15) is 0 Å². The lowest BCUT2D eigenvalue weighted by molar-refractivity contribution is 0.102. The molecule has 2 rings (SSSR count). The smallest absolute Gasteiger partial charge is 0.255 e. The first kappa shape index (κ1) is 12.9. The number of hydrogen-bond acceptors (Lipinski definition) is 2. The van der Waals surface area contributed by atoms with Crippen LogP contribution in [0.2, 0.25) is 10.2 Å². The summed E-state index contributed by atoms with van der Waals surface area (Å²) in [5, 5.41) is 3.68. The quantitative estimate of drug-likeness (QED) is 0.847. The zero-order valence-electron chi connectivity index (χ0n) is 9.58. The van der Waals surface area contributed by atoms with Crippen LogP contribution in [0.3, 0.4) is 0 Å². The van der Waals surface area contributed by atoms with Crippen LogP contribution in [0.5, 0.6) is 0 Å². The standard InChI is InChI=1S/C13H10Cl2N2O/c1-8-5-11(7-16-12(8)15)17-13(18)9-3-2-4-10(14)6-9/h2-7H,1H3,(H,17,18). The number of amides is 1. The molecule has 0 saturated heterocycles. The Hall–Kier alpha value is -1.58. The Labute approximate surface area is 115 Å². The number of aromatic nitrogens is 1. The van der Waals surface area contributed by atoms with Crippen LogP contribution < -0.4 is 5.32 Å². The maximum absolute atomic E-state index is 11.9. The molecule has 0 aliphatic rings. The van der Waals surface area contributed by atoms with E-state index in [-0.39, 0.29) is 5.91 Å². The van der Waals surface area contributed by atoms with Crippen molar-refractivity contribution < 1.29 is 4.79 Å². The van der Waals surface area contributed by atoms with E-state index >= 15 is 0 Å². The summed E-state index contributed by atoms with van der Waals surface area (Å²) in [5.41, 5.74) is 1.90. The van der Waals surface area contributed by atoms with Crippen LogP contribution in [0.15, 0.2) is 36.5 Å². The van der Waals surface area contributed by atoms with E-state index < -0.39 is 0 Å². The highest BCUT2D eigenvalue weighted by Gasteiger charge is 2.07. The molecule has 0 saturated carbocycles. The molecule has 2 aromatic rings. The van der Waals surface area contributed by atoms with Gasteiger partial charge in [-0.25, -0.2) is 4.98 Å². The van der Waals surface area contributed by atoms with Crippen LogP contribution >= 0.6 is 23.2 Å². The van der Waals surface area contributed by atoms with Crippen LogP contribution in [0, 0.1) is 6.92 Å². The third-order valence-electron chi connectivity index (χ3n) is 2.36. The number of benzene rings is 1. The Bertz CT molecular complexity index is 599.